The molecule has 1 aliphatic carbocycles. The van der Waals surface area contributed by atoms with Gasteiger partial charge >= 0.3 is 0 Å². The maximum absolute atomic E-state index is 15.2. The minimum Gasteiger partial charge on any atom is -0.378 e. The SMILES string of the molecule is Cc1ccn(-c2nc(NC3CCC(F)(F)CC3)c(F)c(N3CCOCC3)n2)n1. The molecule has 0 spiro atoms. The second-order valence-corrected chi connectivity index (χ2v) is 7.29. The Bertz CT molecular complexity index is 827. The van der Waals surface area contributed by atoms with E-state index < -0.39 is 11.7 Å². The first-order chi connectivity index (χ1) is 13.4. The molecule has 0 unspecified atom stereocenters. The van der Waals surface area contributed by atoms with Crippen molar-refractivity contribution in [1.29, 1.82) is 0 Å². The Kier molecular flexibility index (Phi) is 5.13. The minimum atomic E-state index is -2.64. The number of aromatic nitrogens is 4. The molecule has 2 fully saturated rings. The Morgan fingerprint density at radius 2 is 1.89 bits per heavy atom. The van der Waals surface area contributed by atoms with Gasteiger partial charge in [-0.15, -0.1) is 0 Å². The molecule has 2 aliphatic rings. The van der Waals surface area contributed by atoms with Crippen LogP contribution in [-0.2, 0) is 4.74 Å². The molecule has 1 N–H and O–H groups in total. The van der Waals surface area contributed by atoms with Crippen LogP contribution in [0, 0.1) is 12.7 Å². The Hall–Kier alpha value is -2.36. The van der Waals surface area contributed by atoms with Crippen molar-refractivity contribution in [1.82, 2.24) is 19.7 Å². The van der Waals surface area contributed by atoms with Gasteiger partial charge in [0.05, 0.1) is 18.9 Å². The molecule has 0 radical (unpaired) electrons. The number of ether oxygens (including phenoxy) is 1. The first kappa shape index (κ1) is 19.0. The zero-order chi connectivity index (χ0) is 19.7. The van der Waals surface area contributed by atoms with Gasteiger partial charge in [-0.2, -0.15) is 19.5 Å². The monoisotopic (exact) mass is 396 g/mol. The van der Waals surface area contributed by atoms with Crippen molar-refractivity contribution >= 4 is 11.6 Å². The number of aryl methyl sites for hydroxylation is 1. The van der Waals surface area contributed by atoms with Gasteiger partial charge in [-0.05, 0) is 25.8 Å². The summed E-state index contributed by atoms with van der Waals surface area (Å²) in [4.78, 5) is 10.5. The summed E-state index contributed by atoms with van der Waals surface area (Å²) in [5, 5.41) is 7.33. The van der Waals surface area contributed by atoms with Crippen LogP contribution in [0.3, 0.4) is 0 Å². The number of halogens is 3. The van der Waals surface area contributed by atoms with Crippen LogP contribution >= 0.6 is 0 Å². The van der Waals surface area contributed by atoms with Crippen LogP contribution < -0.4 is 10.2 Å². The molecule has 28 heavy (non-hydrogen) atoms. The molecule has 0 amide bonds. The molecule has 7 nitrogen and oxygen atoms in total. The van der Waals surface area contributed by atoms with E-state index in [0.29, 0.717) is 26.3 Å². The zero-order valence-electron chi connectivity index (χ0n) is 15.7. The molecule has 2 aromatic rings. The first-order valence-electron chi connectivity index (χ1n) is 9.48. The van der Waals surface area contributed by atoms with Crippen LogP contribution in [-0.4, -0.2) is 58.0 Å². The Morgan fingerprint density at radius 1 is 1.18 bits per heavy atom. The van der Waals surface area contributed by atoms with E-state index in [1.165, 1.54) is 4.68 Å². The summed E-state index contributed by atoms with van der Waals surface area (Å²) >= 11 is 0. The summed E-state index contributed by atoms with van der Waals surface area (Å²) in [6.07, 6.45) is 1.81. The van der Waals surface area contributed by atoms with Crippen molar-refractivity contribution in [2.75, 3.05) is 36.5 Å². The van der Waals surface area contributed by atoms with Crippen molar-refractivity contribution < 1.29 is 17.9 Å². The normalized spacial score (nSPS) is 20.4. The fourth-order valence-corrected chi connectivity index (χ4v) is 3.51. The van der Waals surface area contributed by atoms with Gasteiger partial charge in [0.1, 0.15) is 0 Å². The maximum Gasteiger partial charge on any atom is 0.254 e. The number of nitrogens with zero attached hydrogens (tertiary/aromatic N) is 5. The van der Waals surface area contributed by atoms with Gasteiger partial charge in [0, 0.05) is 38.2 Å². The van der Waals surface area contributed by atoms with E-state index in [0.717, 1.165) is 5.69 Å². The van der Waals surface area contributed by atoms with Gasteiger partial charge in [0.15, 0.2) is 11.6 Å². The van der Waals surface area contributed by atoms with Crippen molar-refractivity contribution in [2.24, 2.45) is 0 Å². The third kappa shape index (κ3) is 4.06. The molecular formula is C18H23F3N6O. The summed E-state index contributed by atoms with van der Waals surface area (Å²) < 4.78 is 48.9. The molecule has 3 heterocycles. The van der Waals surface area contributed by atoms with Crippen LogP contribution in [0.25, 0.3) is 5.95 Å². The summed E-state index contributed by atoms with van der Waals surface area (Å²) in [5.74, 6) is -2.79. The highest BCUT2D eigenvalue weighted by Crippen LogP contribution is 2.35. The number of rotatable bonds is 4. The average molecular weight is 396 g/mol. The highest BCUT2D eigenvalue weighted by atomic mass is 19.3. The lowest BCUT2D eigenvalue weighted by molar-refractivity contribution is -0.0361. The number of alkyl halides is 2. The quantitative estimate of drug-likeness (QED) is 0.857. The largest absolute Gasteiger partial charge is 0.378 e. The number of nitrogens with one attached hydrogen (secondary N) is 1. The third-order valence-corrected chi connectivity index (χ3v) is 5.12. The Labute approximate surface area is 160 Å². The van der Waals surface area contributed by atoms with E-state index in [-0.39, 0.29) is 49.3 Å². The fourth-order valence-electron chi connectivity index (χ4n) is 3.51. The average Bonchev–Trinajstić information content (AvgIpc) is 3.12. The second kappa shape index (κ2) is 7.57. The summed E-state index contributed by atoms with van der Waals surface area (Å²) in [6.45, 7) is 3.84. The summed E-state index contributed by atoms with van der Waals surface area (Å²) in [5.41, 5.74) is 0.782. The van der Waals surface area contributed by atoms with Gasteiger partial charge in [0.2, 0.25) is 11.7 Å². The first-order valence-corrected chi connectivity index (χ1v) is 9.48. The van der Waals surface area contributed by atoms with Crippen molar-refractivity contribution in [2.45, 2.75) is 44.6 Å². The topological polar surface area (TPSA) is 68.1 Å². The molecule has 152 valence electrons. The zero-order valence-corrected chi connectivity index (χ0v) is 15.7. The number of hydrogen-bond donors (Lipinski definition) is 1. The van der Waals surface area contributed by atoms with Gasteiger partial charge in [-0.1, -0.05) is 0 Å². The van der Waals surface area contributed by atoms with Gasteiger partial charge in [-0.3, -0.25) is 0 Å². The predicted molar refractivity (Wildman–Crippen MR) is 97.7 cm³/mol. The lowest BCUT2D eigenvalue weighted by Crippen LogP contribution is -2.38. The van der Waals surface area contributed by atoms with Crippen molar-refractivity contribution in [3.05, 3.63) is 23.8 Å². The smallest absolute Gasteiger partial charge is 0.254 e. The molecule has 1 saturated heterocycles. The third-order valence-electron chi connectivity index (χ3n) is 5.12. The lowest BCUT2D eigenvalue weighted by atomic mass is 9.92. The molecule has 1 aliphatic heterocycles. The number of anilines is 2. The van der Waals surface area contributed by atoms with E-state index in [2.05, 4.69) is 20.4 Å². The Morgan fingerprint density at radius 3 is 2.54 bits per heavy atom. The van der Waals surface area contributed by atoms with E-state index >= 15 is 4.39 Å². The van der Waals surface area contributed by atoms with Crippen molar-refractivity contribution in [3.8, 4) is 5.95 Å². The molecule has 1 saturated carbocycles. The van der Waals surface area contributed by atoms with Crippen LogP contribution in [0.15, 0.2) is 12.3 Å². The molecule has 0 atom stereocenters. The molecule has 2 aromatic heterocycles. The van der Waals surface area contributed by atoms with E-state index in [1.807, 2.05) is 6.92 Å². The highest BCUT2D eigenvalue weighted by Gasteiger charge is 2.35. The van der Waals surface area contributed by atoms with Crippen molar-refractivity contribution in [3.63, 3.8) is 0 Å². The summed E-state index contributed by atoms with van der Waals surface area (Å²) in [6, 6.07) is 1.55. The van der Waals surface area contributed by atoms with E-state index in [9.17, 15) is 8.78 Å². The van der Waals surface area contributed by atoms with Crippen LogP contribution in [0.5, 0.6) is 0 Å². The molecule has 0 aromatic carbocycles. The van der Waals surface area contributed by atoms with Gasteiger partial charge < -0.3 is 15.0 Å². The molecule has 10 heteroatoms. The molecule has 0 bridgehead atoms. The van der Waals surface area contributed by atoms with E-state index in [1.54, 1.807) is 17.2 Å². The van der Waals surface area contributed by atoms with E-state index in [4.69, 9.17) is 4.74 Å². The predicted octanol–water partition coefficient (Wildman–Crippen LogP) is 2.94. The highest BCUT2D eigenvalue weighted by molar-refractivity contribution is 5.54. The van der Waals surface area contributed by atoms with Crippen LogP contribution in [0.2, 0.25) is 0 Å². The molecule has 4 rings (SSSR count). The summed E-state index contributed by atoms with van der Waals surface area (Å²) in [7, 11) is 0. The van der Waals surface area contributed by atoms with Gasteiger partial charge in [-0.25, -0.2) is 13.5 Å². The van der Waals surface area contributed by atoms with Gasteiger partial charge in [0.25, 0.3) is 5.95 Å². The lowest BCUT2D eigenvalue weighted by Gasteiger charge is -2.31. The molecular weight excluding hydrogens is 373 g/mol. The fraction of sp³-hybridized carbons (Fsp3) is 0.611. The number of hydrogen-bond acceptors (Lipinski definition) is 6. The Balaban J connectivity index is 1.65. The minimum absolute atomic E-state index is 0.0230. The standard InChI is InChI=1S/C18H23F3N6O/c1-12-4-7-27(25-12)17-23-15(22-13-2-5-18(20,21)6-3-13)14(19)16(24-17)26-8-10-28-11-9-26/h4,7,13H,2-3,5-6,8-11H2,1H3,(H,22,23,24). The van der Waals surface area contributed by atoms with Crippen LogP contribution in [0.1, 0.15) is 31.4 Å². The number of morpholine rings is 1. The second-order valence-electron chi connectivity index (χ2n) is 7.29. The van der Waals surface area contributed by atoms with Crippen LogP contribution in [0.4, 0.5) is 24.8 Å². The maximum atomic E-state index is 15.2.